The van der Waals surface area contributed by atoms with Crippen LogP contribution in [0.3, 0.4) is 0 Å². The van der Waals surface area contributed by atoms with Crippen LogP contribution in [0.25, 0.3) is 0 Å². The van der Waals surface area contributed by atoms with Crippen molar-refractivity contribution < 1.29 is 5.11 Å². The van der Waals surface area contributed by atoms with Gasteiger partial charge in [0.05, 0.1) is 0 Å². The van der Waals surface area contributed by atoms with Crippen molar-refractivity contribution in [2.45, 2.75) is 83.2 Å². The highest BCUT2D eigenvalue weighted by molar-refractivity contribution is 9.09. The van der Waals surface area contributed by atoms with Gasteiger partial charge in [-0.05, 0) is 112 Å². The van der Waals surface area contributed by atoms with Gasteiger partial charge in [0, 0.05) is 11.2 Å². The zero-order valence-corrected chi connectivity index (χ0v) is 19.1. The number of hydrogen-bond donors (Lipinski definition) is 1. The summed E-state index contributed by atoms with van der Waals surface area (Å²) in [6.45, 7) is 7.02. The molecule has 1 N–H and O–H groups in total. The molecule has 0 amide bonds. The summed E-state index contributed by atoms with van der Waals surface area (Å²) < 4.78 is 0. The molecule has 0 aromatic rings. The summed E-state index contributed by atoms with van der Waals surface area (Å²) in [6, 6.07) is 0. The fourth-order valence-electron chi connectivity index (χ4n) is 8.22. The zero-order valence-electron chi connectivity index (χ0n) is 17.6. The van der Waals surface area contributed by atoms with Crippen molar-refractivity contribution in [1.29, 1.82) is 0 Å². The molecular formula is C26H37BrO. The molecule has 0 heterocycles. The quantitative estimate of drug-likeness (QED) is 0.298. The summed E-state index contributed by atoms with van der Waals surface area (Å²) in [6.07, 6.45) is 13.9. The molecule has 5 aliphatic carbocycles. The number of halogens is 1. The first-order valence-electron chi connectivity index (χ1n) is 11.9. The molecule has 0 radical (unpaired) electrons. The average molecular weight is 445 g/mol. The normalized spacial score (nSPS) is 50.0. The molecule has 5 aliphatic rings. The minimum atomic E-state index is -0.675. The molecule has 5 fully saturated rings. The van der Waals surface area contributed by atoms with Crippen LogP contribution in [0.5, 0.6) is 0 Å². The number of allylic oxidation sites excluding steroid dienone is 1. The molecule has 0 bridgehead atoms. The summed E-state index contributed by atoms with van der Waals surface area (Å²) in [7, 11) is 0. The average Bonchev–Trinajstić information content (AvgIpc) is 3.45. The van der Waals surface area contributed by atoms with Crippen molar-refractivity contribution in [2.24, 2.45) is 46.8 Å². The predicted molar refractivity (Wildman–Crippen MR) is 119 cm³/mol. The van der Waals surface area contributed by atoms with E-state index in [-0.39, 0.29) is 0 Å². The predicted octanol–water partition coefficient (Wildman–Crippen LogP) is 6.35. The van der Waals surface area contributed by atoms with Gasteiger partial charge in [0.1, 0.15) is 5.60 Å². The van der Waals surface area contributed by atoms with Crippen LogP contribution in [0.15, 0.2) is 12.2 Å². The highest BCUT2D eigenvalue weighted by Crippen LogP contribution is 2.65. The fraction of sp³-hybridized carbons (Fsp3) is 0.846. The highest BCUT2D eigenvalue weighted by Gasteiger charge is 2.57. The summed E-state index contributed by atoms with van der Waals surface area (Å²) >= 11 is 3.68. The van der Waals surface area contributed by atoms with E-state index in [9.17, 15) is 5.11 Å². The van der Waals surface area contributed by atoms with Gasteiger partial charge in [-0.25, -0.2) is 0 Å². The van der Waals surface area contributed by atoms with Gasteiger partial charge in [0.15, 0.2) is 0 Å². The Kier molecular flexibility index (Phi) is 5.04. The lowest BCUT2D eigenvalue weighted by molar-refractivity contribution is -0.0872. The molecule has 8 atom stereocenters. The molecule has 5 rings (SSSR count). The molecule has 2 heteroatoms. The van der Waals surface area contributed by atoms with Crippen molar-refractivity contribution in [3.05, 3.63) is 12.2 Å². The van der Waals surface area contributed by atoms with Crippen LogP contribution in [0.2, 0.25) is 0 Å². The molecule has 5 saturated carbocycles. The lowest BCUT2D eigenvalue weighted by atomic mass is 9.49. The van der Waals surface area contributed by atoms with E-state index >= 15 is 0 Å². The second-order valence-corrected chi connectivity index (χ2v) is 11.8. The number of fused-ring (bicyclic) bond motifs is 5. The molecule has 0 aromatic carbocycles. The molecule has 0 unspecified atom stereocenters. The maximum Gasteiger partial charge on any atom is 0.125 e. The summed E-state index contributed by atoms with van der Waals surface area (Å²) in [5.41, 5.74) is 1.25. The van der Waals surface area contributed by atoms with E-state index in [0.29, 0.717) is 17.3 Å². The Balaban J connectivity index is 1.31. The van der Waals surface area contributed by atoms with Gasteiger partial charge in [-0.3, -0.25) is 0 Å². The van der Waals surface area contributed by atoms with Crippen LogP contribution >= 0.6 is 15.9 Å². The van der Waals surface area contributed by atoms with E-state index < -0.39 is 5.60 Å². The summed E-state index contributed by atoms with van der Waals surface area (Å²) in [5, 5.41) is 12.1. The van der Waals surface area contributed by atoms with Crippen LogP contribution < -0.4 is 0 Å². The maximum absolute atomic E-state index is 11.1. The highest BCUT2D eigenvalue weighted by atomic mass is 79.9. The first kappa shape index (κ1) is 19.7. The Morgan fingerprint density at radius 1 is 1.00 bits per heavy atom. The second-order valence-electron chi connectivity index (χ2n) is 11.2. The standard InChI is InChI=1S/C26H37BrO/c1-17(16-27)23-7-8-24-22-6-5-19-15-26(28,13-9-18-3-4-18)14-11-20(19)21(22)10-12-25(23,24)2/h18-24,28H,1,3-8,10-12,14-16H2,2H3/t19-,20+,21-,22-,23-,24+,25-,26-/m1/s1. The van der Waals surface area contributed by atoms with Gasteiger partial charge in [0.2, 0.25) is 0 Å². The second kappa shape index (κ2) is 7.16. The van der Waals surface area contributed by atoms with Crippen LogP contribution in [0.4, 0.5) is 0 Å². The van der Waals surface area contributed by atoms with Gasteiger partial charge >= 0.3 is 0 Å². The summed E-state index contributed by atoms with van der Waals surface area (Å²) in [4.78, 5) is 0. The molecule has 0 aliphatic heterocycles. The van der Waals surface area contributed by atoms with Gasteiger partial charge in [-0.2, -0.15) is 0 Å². The van der Waals surface area contributed by atoms with Crippen molar-refractivity contribution in [2.75, 3.05) is 5.33 Å². The molecular weight excluding hydrogens is 408 g/mol. The Hall–Kier alpha value is -0.260. The molecule has 1 nitrogen and oxygen atoms in total. The lowest BCUT2D eigenvalue weighted by Crippen LogP contribution is -2.50. The topological polar surface area (TPSA) is 20.2 Å². The number of alkyl halides is 1. The van der Waals surface area contributed by atoms with Crippen molar-refractivity contribution in [3.8, 4) is 11.8 Å². The van der Waals surface area contributed by atoms with Crippen LogP contribution in [-0.4, -0.2) is 16.0 Å². The monoisotopic (exact) mass is 444 g/mol. The molecule has 0 aromatic heterocycles. The van der Waals surface area contributed by atoms with E-state index in [0.717, 1.165) is 47.8 Å². The van der Waals surface area contributed by atoms with E-state index in [2.05, 4.69) is 41.3 Å². The minimum Gasteiger partial charge on any atom is -0.378 e. The molecule has 154 valence electrons. The van der Waals surface area contributed by atoms with Gasteiger partial charge < -0.3 is 5.11 Å². The first-order valence-corrected chi connectivity index (χ1v) is 13.0. The first-order chi connectivity index (χ1) is 13.4. The number of hydrogen-bond acceptors (Lipinski definition) is 1. The van der Waals surface area contributed by atoms with Crippen LogP contribution in [-0.2, 0) is 0 Å². The lowest BCUT2D eigenvalue weighted by Gasteiger charge is -2.57. The van der Waals surface area contributed by atoms with E-state index in [1.165, 1.54) is 63.4 Å². The smallest absolute Gasteiger partial charge is 0.125 e. The van der Waals surface area contributed by atoms with Crippen molar-refractivity contribution in [3.63, 3.8) is 0 Å². The maximum atomic E-state index is 11.1. The van der Waals surface area contributed by atoms with Gasteiger partial charge in [-0.15, -0.1) is 0 Å². The Morgan fingerprint density at radius 2 is 1.79 bits per heavy atom. The van der Waals surface area contributed by atoms with Crippen molar-refractivity contribution >= 4 is 15.9 Å². The summed E-state index contributed by atoms with van der Waals surface area (Å²) in [5.74, 6) is 12.3. The van der Waals surface area contributed by atoms with Crippen LogP contribution in [0, 0.1) is 58.7 Å². The number of rotatable bonds is 2. The Morgan fingerprint density at radius 3 is 2.54 bits per heavy atom. The third-order valence-electron chi connectivity index (χ3n) is 9.76. The fourth-order valence-corrected chi connectivity index (χ4v) is 8.61. The molecule has 0 spiro atoms. The van der Waals surface area contributed by atoms with E-state index in [1.54, 1.807) is 0 Å². The molecule has 28 heavy (non-hydrogen) atoms. The van der Waals surface area contributed by atoms with Gasteiger partial charge in [0.25, 0.3) is 0 Å². The Bertz CT molecular complexity index is 699. The van der Waals surface area contributed by atoms with E-state index in [4.69, 9.17) is 0 Å². The third-order valence-corrected chi connectivity index (χ3v) is 10.5. The van der Waals surface area contributed by atoms with Crippen molar-refractivity contribution in [1.82, 2.24) is 0 Å². The van der Waals surface area contributed by atoms with Crippen LogP contribution in [0.1, 0.15) is 77.6 Å². The van der Waals surface area contributed by atoms with Gasteiger partial charge in [-0.1, -0.05) is 46.8 Å². The Labute approximate surface area is 180 Å². The third kappa shape index (κ3) is 3.24. The zero-order chi connectivity index (χ0) is 19.5. The number of aliphatic hydroxyl groups is 1. The minimum absolute atomic E-state index is 0.490. The largest absolute Gasteiger partial charge is 0.378 e. The molecule has 0 saturated heterocycles. The SMILES string of the molecule is C=C(CBr)[C@H]1CC[C@H]2[C@@H]3CC[C@@H]4C[C@@](O)(C#CC5CC5)CC[C@@H]4[C@H]3CC[C@]12C. The van der Waals surface area contributed by atoms with E-state index in [1.807, 2.05) is 0 Å².